The van der Waals surface area contributed by atoms with E-state index in [0.29, 0.717) is 5.75 Å². The van der Waals surface area contributed by atoms with Gasteiger partial charge in [0.05, 0.1) is 6.61 Å². The van der Waals surface area contributed by atoms with Gasteiger partial charge in [-0.1, -0.05) is 110 Å². The normalized spacial score (nSPS) is 11.0. The molecule has 2 N–H and O–H groups in total. The topological polar surface area (TPSA) is 49.7 Å². The van der Waals surface area contributed by atoms with Crippen molar-refractivity contribution in [3.63, 3.8) is 0 Å². The largest absolute Gasteiger partial charge is 0.508 e. The van der Waals surface area contributed by atoms with Gasteiger partial charge in [0.15, 0.2) is 0 Å². The first-order chi connectivity index (χ1) is 15.8. The van der Waals surface area contributed by atoms with Gasteiger partial charge in [-0.2, -0.15) is 0 Å². The van der Waals surface area contributed by atoms with Crippen LogP contribution in [0, 0.1) is 0 Å². The minimum Gasteiger partial charge on any atom is -0.508 e. The van der Waals surface area contributed by atoms with E-state index >= 15 is 0 Å². The van der Waals surface area contributed by atoms with E-state index in [-0.39, 0.29) is 11.2 Å². The zero-order valence-corrected chi connectivity index (χ0v) is 21.6. The molecule has 2 aromatic carbocycles. The minimum absolute atomic E-state index is 0.124. The highest BCUT2D eigenvalue weighted by molar-refractivity contribution is 5.31. The van der Waals surface area contributed by atoms with Crippen molar-refractivity contribution in [3.05, 3.63) is 54.1 Å². The van der Waals surface area contributed by atoms with E-state index in [0.717, 1.165) is 24.3 Å². The fourth-order valence-corrected chi connectivity index (χ4v) is 3.65. The van der Waals surface area contributed by atoms with Gasteiger partial charge in [0, 0.05) is 0 Å². The molecule has 0 atom stereocenters. The molecule has 0 aliphatic rings. The fraction of sp³-hybridized carbons (Fsp3) is 0.600. The summed E-state index contributed by atoms with van der Waals surface area (Å²) < 4.78 is 5.64. The SMILES string of the molecule is CC(C)(C)c1cccc(O)c1.CCCCCCCCCCCCCCOc1ccc(O)cc1. The molecule has 0 aliphatic heterocycles. The van der Waals surface area contributed by atoms with E-state index in [2.05, 4.69) is 27.7 Å². The fourth-order valence-electron chi connectivity index (χ4n) is 3.65. The molecule has 0 saturated carbocycles. The molecule has 0 amide bonds. The molecule has 0 aromatic heterocycles. The van der Waals surface area contributed by atoms with E-state index in [1.165, 1.54) is 70.6 Å². The van der Waals surface area contributed by atoms with Crippen LogP contribution in [-0.2, 0) is 5.41 Å². The molecule has 33 heavy (non-hydrogen) atoms. The van der Waals surface area contributed by atoms with E-state index in [4.69, 9.17) is 4.74 Å². The minimum atomic E-state index is 0.124. The van der Waals surface area contributed by atoms with Crippen molar-refractivity contribution in [3.8, 4) is 17.2 Å². The van der Waals surface area contributed by atoms with Crippen molar-refractivity contribution in [2.24, 2.45) is 0 Å². The number of ether oxygens (including phenoxy) is 1. The first kappa shape index (κ1) is 28.9. The van der Waals surface area contributed by atoms with Gasteiger partial charge in [0.2, 0.25) is 0 Å². The van der Waals surface area contributed by atoms with Gasteiger partial charge >= 0.3 is 0 Å². The van der Waals surface area contributed by atoms with Crippen molar-refractivity contribution in [1.29, 1.82) is 0 Å². The molecule has 0 bridgehead atoms. The van der Waals surface area contributed by atoms with Crippen LogP contribution in [0.1, 0.15) is 110 Å². The van der Waals surface area contributed by atoms with Crippen LogP contribution >= 0.6 is 0 Å². The third-order valence-electron chi connectivity index (χ3n) is 5.82. The number of aromatic hydroxyl groups is 2. The van der Waals surface area contributed by atoms with E-state index < -0.39 is 0 Å². The number of phenols is 2. The highest BCUT2D eigenvalue weighted by atomic mass is 16.5. The first-order valence-electron chi connectivity index (χ1n) is 13.0. The Morgan fingerprint density at radius 1 is 0.636 bits per heavy atom. The maximum atomic E-state index is 9.19. The van der Waals surface area contributed by atoms with Gasteiger partial charge in [-0.3, -0.25) is 0 Å². The summed E-state index contributed by atoms with van der Waals surface area (Å²) in [6.07, 6.45) is 16.4. The molecule has 0 fully saturated rings. The smallest absolute Gasteiger partial charge is 0.119 e. The van der Waals surface area contributed by atoms with Crippen LogP contribution < -0.4 is 4.74 Å². The molecule has 2 aromatic rings. The van der Waals surface area contributed by atoms with E-state index in [1.54, 1.807) is 24.3 Å². The quantitative estimate of drug-likeness (QED) is 0.279. The summed E-state index contributed by atoms with van der Waals surface area (Å²) in [5.74, 6) is 1.48. The van der Waals surface area contributed by atoms with Crippen molar-refractivity contribution >= 4 is 0 Å². The molecule has 186 valence electrons. The van der Waals surface area contributed by atoms with Crippen LogP contribution in [0.4, 0.5) is 0 Å². The van der Waals surface area contributed by atoms with Gasteiger partial charge in [-0.15, -0.1) is 0 Å². The molecule has 2 rings (SSSR count). The van der Waals surface area contributed by atoms with E-state index in [9.17, 15) is 10.2 Å². The lowest BCUT2D eigenvalue weighted by Gasteiger charge is -2.18. The monoisotopic (exact) mass is 456 g/mol. The number of hydrogen-bond donors (Lipinski definition) is 2. The highest BCUT2D eigenvalue weighted by Gasteiger charge is 2.12. The Hall–Kier alpha value is -2.16. The molecule has 3 heteroatoms. The Morgan fingerprint density at radius 2 is 1.15 bits per heavy atom. The summed E-state index contributed by atoms with van der Waals surface area (Å²) in [4.78, 5) is 0. The van der Waals surface area contributed by atoms with E-state index in [1.807, 2.05) is 24.3 Å². The summed E-state index contributed by atoms with van der Waals surface area (Å²) in [7, 11) is 0. The maximum Gasteiger partial charge on any atom is 0.119 e. The lowest BCUT2D eigenvalue weighted by molar-refractivity contribution is 0.303. The Balaban J connectivity index is 0.000000412. The number of rotatable bonds is 14. The maximum absolute atomic E-state index is 9.19. The first-order valence-corrected chi connectivity index (χ1v) is 13.0. The second kappa shape index (κ2) is 17.3. The van der Waals surface area contributed by atoms with Crippen molar-refractivity contribution in [2.75, 3.05) is 6.61 Å². The molecule has 0 spiro atoms. The number of hydrogen-bond acceptors (Lipinski definition) is 3. The summed E-state index contributed by atoms with van der Waals surface area (Å²) in [5, 5.41) is 18.4. The molecule has 0 saturated heterocycles. The number of phenolic OH excluding ortho intramolecular Hbond substituents is 2. The predicted molar refractivity (Wildman–Crippen MR) is 141 cm³/mol. The van der Waals surface area contributed by atoms with Crippen LogP contribution in [0.2, 0.25) is 0 Å². The highest BCUT2D eigenvalue weighted by Crippen LogP contribution is 2.24. The van der Waals surface area contributed by atoms with Crippen LogP contribution in [0.5, 0.6) is 17.2 Å². The lowest BCUT2D eigenvalue weighted by Crippen LogP contribution is -2.10. The molecular weight excluding hydrogens is 408 g/mol. The molecule has 0 radical (unpaired) electrons. The van der Waals surface area contributed by atoms with Gasteiger partial charge in [0.1, 0.15) is 17.2 Å². The average molecular weight is 457 g/mol. The molecule has 0 heterocycles. The van der Waals surface area contributed by atoms with Gasteiger partial charge in [0.25, 0.3) is 0 Å². The van der Waals surface area contributed by atoms with Crippen LogP contribution in [-0.4, -0.2) is 16.8 Å². The molecule has 0 aliphatic carbocycles. The van der Waals surface area contributed by atoms with Crippen molar-refractivity contribution in [2.45, 2.75) is 110 Å². The summed E-state index contributed by atoms with van der Waals surface area (Å²) in [6.45, 7) is 9.43. The third kappa shape index (κ3) is 15.3. The Kier molecular flexibility index (Phi) is 15.2. The second-order valence-corrected chi connectivity index (χ2v) is 10.0. The summed E-state index contributed by atoms with van der Waals surface area (Å²) in [5.41, 5.74) is 1.29. The standard InChI is InChI=1S/C20H34O2.C10H14O/c1-2-3-4-5-6-7-8-9-10-11-12-13-18-22-20-16-14-19(21)15-17-20;1-10(2,3)8-5-4-6-9(11)7-8/h14-17,21H,2-13,18H2,1H3;4-7,11H,1-3H3. The van der Waals surface area contributed by atoms with Gasteiger partial charge in [-0.25, -0.2) is 0 Å². The number of benzene rings is 2. The zero-order chi connectivity index (χ0) is 24.4. The number of unbranched alkanes of at least 4 members (excludes halogenated alkanes) is 11. The lowest BCUT2D eigenvalue weighted by atomic mass is 9.87. The molecular formula is C30H48O3. The summed E-state index contributed by atoms with van der Waals surface area (Å²) in [6, 6.07) is 14.4. The van der Waals surface area contributed by atoms with Crippen LogP contribution in [0.15, 0.2) is 48.5 Å². The Morgan fingerprint density at radius 3 is 1.61 bits per heavy atom. The Labute approximate surface area is 203 Å². The van der Waals surface area contributed by atoms with Gasteiger partial charge < -0.3 is 14.9 Å². The average Bonchev–Trinajstić information content (AvgIpc) is 2.78. The second-order valence-electron chi connectivity index (χ2n) is 10.0. The van der Waals surface area contributed by atoms with Crippen molar-refractivity contribution < 1.29 is 14.9 Å². The third-order valence-corrected chi connectivity index (χ3v) is 5.82. The van der Waals surface area contributed by atoms with Crippen LogP contribution in [0.3, 0.4) is 0 Å². The molecule has 0 unspecified atom stereocenters. The summed E-state index contributed by atoms with van der Waals surface area (Å²) >= 11 is 0. The zero-order valence-electron chi connectivity index (χ0n) is 21.6. The van der Waals surface area contributed by atoms with Crippen LogP contribution in [0.25, 0.3) is 0 Å². The predicted octanol–water partition coefficient (Wildman–Crippen LogP) is 9.16. The van der Waals surface area contributed by atoms with Crippen molar-refractivity contribution in [1.82, 2.24) is 0 Å². The van der Waals surface area contributed by atoms with Gasteiger partial charge in [-0.05, 0) is 53.8 Å². The Bertz CT molecular complexity index is 716. The molecule has 3 nitrogen and oxygen atoms in total.